The van der Waals surface area contributed by atoms with Crippen LogP contribution in [0.2, 0.25) is 6.04 Å². The molecule has 0 saturated carbocycles. The number of aromatic nitrogens is 4. The summed E-state index contributed by atoms with van der Waals surface area (Å²) in [7, 11) is -2.80. The Balaban J connectivity index is 1.20. The van der Waals surface area contributed by atoms with Gasteiger partial charge in [-0.2, -0.15) is 0 Å². The highest BCUT2D eigenvalue weighted by molar-refractivity contribution is 6.60. The molecule has 8 bridgehead atoms. The minimum Gasteiger partial charge on any atom is -0.374 e. The number of H-pyrrole nitrogens is 2. The Kier molecular flexibility index (Phi) is 12.7. The molecule has 2 aliphatic rings. The van der Waals surface area contributed by atoms with Gasteiger partial charge in [0, 0.05) is 82.3 Å². The number of carbonyl (C=O) groups is 1. The molecule has 0 spiro atoms. The fourth-order valence-corrected chi connectivity index (χ4v) is 11.2. The van der Waals surface area contributed by atoms with Gasteiger partial charge in [0.05, 0.1) is 22.8 Å². The summed E-state index contributed by atoms with van der Waals surface area (Å²) in [5, 5.41) is 3.09. The Morgan fingerprint density at radius 3 is 1.17 bits per heavy atom. The Labute approximate surface area is 374 Å². The van der Waals surface area contributed by atoms with Gasteiger partial charge < -0.3 is 28.6 Å². The SMILES string of the molecule is CCO[Si](CCCNC(=O)c1ccc(-c2c3nc(c(-c4ccccc4)c4ccc([nH]4)c(-c4ccccc4)c4nc(c(-c5ccccc5)c5ccc2[nH]5)C=C4)C=C3)cc1)(OCC)OCC. The summed E-state index contributed by atoms with van der Waals surface area (Å²) in [6.45, 7) is 7.87. The number of rotatable bonds is 15. The lowest BCUT2D eigenvalue weighted by Crippen LogP contribution is -2.46. The molecule has 0 unspecified atom stereocenters. The second kappa shape index (κ2) is 19.2. The van der Waals surface area contributed by atoms with E-state index in [1.165, 1.54) is 0 Å². The van der Waals surface area contributed by atoms with Crippen molar-refractivity contribution in [1.82, 2.24) is 25.3 Å². The summed E-state index contributed by atoms with van der Waals surface area (Å²) >= 11 is 0. The molecule has 4 aromatic carbocycles. The monoisotopic (exact) mass is 861 g/mol. The highest BCUT2D eigenvalue weighted by Gasteiger charge is 2.39. The number of nitrogens with one attached hydrogen (secondary N) is 3. The zero-order valence-corrected chi connectivity index (χ0v) is 37.4. The van der Waals surface area contributed by atoms with E-state index in [9.17, 15) is 4.79 Å². The third kappa shape index (κ3) is 8.82. The maximum atomic E-state index is 13.5. The highest BCUT2D eigenvalue weighted by Crippen LogP contribution is 2.38. The molecule has 9 nitrogen and oxygen atoms in total. The van der Waals surface area contributed by atoms with E-state index in [0.717, 1.165) is 89.4 Å². The molecule has 10 heteroatoms. The van der Waals surface area contributed by atoms with E-state index in [0.29, 0.717) is 44.4 Å². The summed E-state index contributed by atoms with van der Waals surface area (Å²) in [5.41, 5.74) is 15.5. The van der Waals surface area contributed by atoms with Crippen LogP contribution in [-0.2, 0) is 13.3 Å². The number of benzene rings is 4. The van der Waals surface area contributed by atoms with Gasteiger partial charge in [-0.25, -0.2) is 9.97 Å². The summed E-state index contributed by atoms with van der Waals surface area (Å²) in [4.78, 5) is 31.9. The summed E-state index contributed by atoms with van der Waals surface area (Å²) in [6, 6.07) is 48.1. The predicted molar refractivity (Wildman–Crippen MR) is 263 cm³/mol. The molecule has 0 saturated heterocycles. The molecule has 3 aromatic heterocycles. The van der Waals surface area contributed by atoms with E-state index < -0.39 is 8.80 Å². The Morgan fingerprint density at radius 2 is 0.828 bits per heavy atom. The smallest absolute Gasteiger partial charge is 0.374 e. The van der Waals surface area contributed by atoms with Crippen molar-refractivity contribution in [2.24, 2.45) is 0 Å². The van der Waals surface area contributed by atoms with E-state index in [-0.39, 0.29) is 5.91 Å². The zero-order chi connectivity index (χ0) is 43.9. The van der Waals surface area contributed by atoms with Gasteiger partial charge in [-0.3, -0.25) is 4.79 Å². The maximum Gasteiger partial charge on any atom is 0.500 e. The largest absolute Gasteiger partial charge is 0.500 e. The van der Waals surface area contributed by atoms with Crippen LogP contribution < -0.4 is 5.32 Å². The lowest BCUT2D eigenvalue weighted by atomic mass is 10.0. The van der Waals surface area contributed by atoms with E-state index in [2.05, 4.69) is 137 Å². The number of hydrogen-bond donors (Lipinski definition) is 3. The zero-order valence-electron chi connectivity index (χ0n) is 36.4. The predicted octanol–water partition coefficient (Wildman–Crippen LogP) is 12.5. The normalized spacial score (nSPS) is 12.2. The third-order valence-corrected chi connectivity index (χ3v) is 14.6. The van der Waals surface area contributed by atoms with E-state index in [1.807, 2.05) is 63.2 Å². The van der Waals surface area contributed by atoms with Crippen molar-refractivity contribution in [3.05, 3.63) is 168 Å². The molecule has 0 radical (unpaired) electrons. The van der Waals surface area contributed by atoms with Gasteiger partial charge in [0.25, 0.3) is 5.91 Å². The van der Waals surface area contributed by atoms with Crippen LogP contribution in [0.3, 0.4) is 0 Å². The van der Waals surface area contributed by atoms with Crippen molar-refractivity contribution in [3.63, 3.8) is 0 Å². The van der Waals surface area contributed by atoms with Gasteiger partial charge in [0.2, 0.25) is 0 Å². The minimum absolute atomic E-state index is 0.148. The average Bonchev–Trinajstić information content (AvgIpc) is 4.18. The first-order chi connectivity index (χ1) is 31.5. The summed E-state index contributed by atoms with van der Waals surface area (Å²) in [6.07, 6.45) is 9.08. The van der Waals surface area contributed by atoms with Gasteiger partial charge in [-0.1, -0.05) is 103 Å². The topological polar surface area (TPSA) is 114 Å². The van der Waals surface area contributed by atoms with Crippen molar-refractivity contribution in [2.75, 3.05) is 26.4 Å². The van der Waals surface area contributed by atoms with Gasteiger partial charge >= 0.3 is 8.80 Å². The standard InChI is InChI=1S/C54H51N5O4Si/c1-4-61-64(62-5-2,63-6-3)36-16-35-55-54(60)41-25-23-40(24-26-41)53-48-33-31-46(58-48)51(38-19-12-8-13-20-38)44-29-27-42(56-44)50(37-17-10-7-11-18-37)43-28-30-45(57-43)52(39-21-14-9-15-22-39)47-32-34-49(53)59-47/h7-15,17-34,56,59H,4-6,16,35-36H2,1-3H3,(H,55,60). The second-order valence-corrected chi connectivity index (χ2v) is 18.3. The molecule has 1 amide bonds. The first-order valence-corrected chi connectivity index (χ1v) is 24.0. The number of fused-ring (bicyclic) bond motifs is 8. The summed E-state index contributed by atoms with van der Waals surface area (Å²) < 4.78 is 18.0. The lowest BCUT2D eigenvalue weighted by Gasteiger charge is -2.28. The maximum absolute atomic E-state index is 13.5. The molecule has 2 aliphatic heterocycles. The van der Waals surface area contributed by atoms with Crippen molar-refractivity contribution in [1.29, 1.82) is 0 Å². The molecule has 320 valence electrons. The lowest BCUT2D eigenvalue weighted by molar-refractivity contribution is 0.0704. The number of carbonyl (C=O) groups excluding carboxylic acids is 1. The fraction of sp³-hybridized carbons (Fsp3) is 0.167. The second-order valence-electron chi connectivity index (χ2n) is 15.5. The van der Waals surface area contributed by atoms with Crippen molar-refractivity contribution in [3.8, 4) is 44.5 Å². The first-order valence-electron chi connectivity index (χ1n) is 22.1. The van der Waals surface area contributed by atoms with Crippen LogP contribution in [0.1, 0.15) is 60.3 Å². The van der Waals surface area contributed by atoms with Crippen molar-refractivity contribution >= 4 is 61.1 Å². The first kappa shape index (κ1) is 42.4. The molecule has 7 aromatic rings. The van der Waals surface area contributed by atoms with Gasteiger partial charge in [-0.05, 0) is 110 Å². The molecule has 5 heterocycles. The van der Waals surface area contributed by atoms with Crippen LogP contribution in [0.15, 0.2) is 140 Å². The molecule has 0 aliphatic carbocycles. The Morgan fingerprint density at radius 1 is 0.484 bits per heavy atom. The summed E-state index contributed by atoms with van der Waals surface area (Å²) in [5.74, 6) is -0.148. The van der Waals surface area contributed by atoms with Gasteiger partial charge in [-0.15, -0.1) is 0 Å². The van der Waals surface area contributed by atoms with E-state index in [4.69, 9.17) is 23.2 Å². The van der Waals surface area contributed by atoms with Crippen LogP contribution in [0.25, 0.3) is 90.9 Å². The minimum atomic E-state index is -2.80. The number of hydrogen-bond acceptors (Lipinski definition) is 6. The number of nitrogens with zero attached hydrogens (tertiary/aromatic N) is 2. The molecular formula is C54H51N5O4Si. The molecule has 0 atom stereocenters. The average molecular weight is 862 g/mol. The highest BCUT2D eigenvalue weighted by atomic mass is 28.4. The van der Waals surface area contributed by atoms with E-state index in [1.54, 1.807) is 0 Å². The Hall–Kier alpha value is -6.95. The van der Waals surface area contributed by atoms with Crippen LogP contribution in [0.5, 0.6) is 0 Å². The van der Waals surface area contributed by atoms with Crippen molar-refractivity contribution < 1.29 is 18.1 Å². The third-order valence-electron chi connectivity index (χ3n) is 11.4. The van der Waals surface area contributed by atoms with Crippen molar-refractivity contribution in [2.45, 2.75) is 33.2 Å². The quantitative estimate of drug-likeness (QED) is 0.0699. The molecule has 0 fully saturated rings. The van der Waals surface area contributed by atoms with Gasteiger partial charge in [0.15, 0.2) is 0 Å². The fourth-order valence-electron chi connectivity index (χ4n) is 8.63. The van der Waals surface area contributed by atoms with Gasteiger partial charge in [0.1, 0.15) is 0 Å². The number of aromatic amines is 2. The van der Waals surface area contributed by atoms with Crippen LogP contribution >= 0.6 is 0 Å². The van der Waals surface area contributed by atoms with Crippen LogP contribution in [-0.4, -0.2) is 61.0 Å². The molecular weight excluding hydrogens is 811 g/mol. The molecule has 64 heavy (non-hydrogen) atoms. The molecule has 9 rings (SSSR count). The number of amides is 1. The Bertz CT molecular complexity index is 2940. The van der Waals surface area contributed by atoms with E-state index >= 15 is 0 Å². The van der Waals surface area contributed by atoms with Crippen LogP contribution in [0.4, 0.5) is 0 Å². The molecule has 3 N–H and O–H groups in total. The van der Waals surface area contributed by atoms with Crippen LogP contribution in [0, 0.1) is 0 Å².